The van der Waals surface area contributed by atoms with Crippen molar-refractivity contribution in [3.63, 3.8) is 0 Å². The van der Waals surface area contributed by atoms with E-state index in [1.54, 1.807) is 0 Å². The van der Waals surface area contributed by atoms with Crippen molar-refractivity contribution in [2.45, 2.75) is 51.4 Å². The highest BCUT2D eigenvalue weighted by molar-refractivity contribution is 7.90. The first kappa shape index (κ1) is 14.9. The number of ether oxygens (including phenoxy) is 1. The van der Waals surface area contributed by atoms with Gasteiger partial charge in [0.15, 0.2) is 0 Å². The van der Waals surface area contributed by atoms with Crippen LogP contribution in [0.15, 0.2) is 0 Å². The van der Waals surface area contributed by atoms with Crippen LogP contribution in [0.5, 0.6) is 0 Å². The maximum absolute atomic E-state index is 11.4. The van der Waals surface area contributed by atoms with Crippen LogP contribution in [0.3, 0.4) is 0 Å². The predicted molar refractivity (Wildman–Crippen MR) is 69.9 cm³/mol. The summed E-state index contributed by atoms with van der Waals surface area (Å²) in [6.07, 6.45) is 2.16. The molecular formula is C12H25NO3S. The summed E-state index contributed by atoms with van der Waals surface area (Å²) in [7, 11) is -1.16. The van der Waals surface area contributed by atoms with Crippen molar-refractivity contribution in [2.75, 3.05) is 19.1 Å². The fourth-order valence-electron chi connectivity index (χ4n) is 2.96. The first-order valence-electron chi connectivity index (χ1n) is 6.02. The number of nitrogens with one attached hydrogen (secondary N) is 1. The fourth-order valence-corrected chi connectivity index (χ4v) is 4.01. The second-order valence-electron chi connectivity index (χ2n) is 6.26. The normalized spacial score (nSPS) is 29.2. The average molecular weight is 263 g/mol. The zero-order valence-corrected chi connectivity index (χ0v) is 12.5. The van der Waals surface area contributed by atoms with Gasteiger partial charge in [-0.1, -0.05) is 0 Å². The number of hydrogen-bond donors (Lipinski definition) is 1. The molecule has 0 aromatic heterocycles. The molecule has 1 rings (SSSR count). The lowest BCUT2D eigenvalue weighted by Gasteiger charge is -2.32. The largest absolute Gasteiger partial charge is 0.369 e. The van der Waals surface area contributed by atoms with E-state index in [0.29, 0.717) is 0 Å². The smallest absolute Gasteiger partial charge is 0.148 e. The van der Waals surface area contributed by atoms with E-state index in [0.717, 1.165) is 6.42 Å². The summed E-state index contributed by atoms with van der Waals surface area (Å²) in [6, 6.07) is -0.0539. The molecule has 1 heterocycles. The molecule has 1 saturated heterocycles. The van der Waals surface area contributed by atoms with Crippen LogP contribution in [-0.2, 0) is 14.6 Å². The van der Waals surface area contributed by atoms with Crippen LogP contribution >= 0.6 is 0 Å². The fraction of sp³-hybridized carbons (Fsp3) is 1.00. The van der Waals surface area contributed by atoms with E-state index in [9.17, 15) is 8.42 Å². The third-order valence-corrected chi connectivity index (χ3v) is 4.45. The zero-order valence-electron chi connectivity index (χ0n) is 11.7. The van der Waals surface area contributed by atoms with Crippen molar-refractivity contribution < 1.29 is 13.2 Å². The van der Waals surface area contributed by atoms with E-state index in [4.69, 9.17) is 4.74 Å². The summed E-state index contributed by atoms with van der Waals surface area (Å²) >= 11 is 0. The molecule has 2 atom stereocenters. The van der Waals surface area contributed by atoms with Gasteiger partial charge in [0.25, 0.3) is 0 Å². The number of sulfone groups is 1. The van der Waals surface area contributed by atoms with Crippen LogP contribution < -0.4 is 5.32 Å². The molecule has 0 amide bonds. The lowest BCUT2D eigenvalue weighted by molar-refractivity contribution is -0.0768. The molecule has 4 nitrogen and oxygen atoms in total. The average Bonchev–Trinajstić information content (AvgIpc) is 2.28. The predicted octanol–water partition coefficient (Wildman–Crippen LogP) is 1.21. The van der Waals surface area contributed by atoms with Gasteiger partial charge in [-0.15, -0.1) is 0 Å². The Balaban J connectivity index is 2.90. The van der Waals surface area contributed by atoms with Crippen molar-refractivity contribution in [3.05, 3.63) is 0 Å². The van der Waals surface area contributed by atoms with E-state index in [-0.39, 0.29) is 28.9 Å². The Kier molecular flexibility index (Phi) is 3.97. The molecule has 0 aromatic carbocycles. The molecule has 0 radical (unpaired) electrons. The molecule has 0 aliphatic carbocycles. The van der Waals surface area contributed by atoms with Crippen LogP contribution in [0.25, 0.3) is 0 Å². The number of hydrogen-bond acceptors (Lipinski definition) is 4. The van der Waals surface area contributed by atoms with Crippen molar-refractivity contribution in [2.24, 2.45) is 5.92 Å². The summed E-state index contributed by atoms with van der Waals surface area (Å²) in [5, 5.41) is 3.13. The molecule has 0 aromatic rings. The molecule has 1 N–H and O–H groups in total. The lowest BCUT2D eigenvalue weighted by atomic mass is 9.82. The van der Waals surface area contributed by atoms with Gasteiger partial charge in [0.1, 0.15) is 9.84 Å². The Bertz CT molecular complexity index is 373. The standard InChI is InChI=1S/C12H25NO3S/c1-11(2)7-9(12(3,4)16-11)10(13-5)8-17(6,14)15/h9-10,13H,7-8H2,1-6H3. The second-order valence-corrected chi connectivity index (χ2v) is 8.45. The summed E-state index contributed by atoms with van der Waals surface area (Å²) in [5.41, 5.74) is -0.470. The molecule has 0 spiro atoms. The molecule has 1 fully saturated rings. The summed E-state index contributed by atoms with van der Waals surface area (Å²) in [6.45, 7) is 8.20. The Hall–Kier alpha value is -0.130. The minimum absolute atomic E-state index is 0.0539. The maximum Gasteiger partial charge on any atom is 0.148 e. The maximum atomic E-state index is 11.4. The minimum Gasteiger partial charge on any atom is -0.369 e. The minimum atomic E-state index is -2.98. The molecule has 1 aliphatic rings. The van der Waals surface area contributed by atoms with Crippen LogP contribution in [-0.4, -0.2) is 44.7 Å². The third-order valence-electron chi connectivity index (χ3n) is 3.48. The van der Waals surface area contributed by atoms with E-state index >= 15 is 0 Å². The molecule has 17 heavy (non-hydrogen) atoms. The van der Waals surface area contributed by atoms with Gasteiger partial charge in [-0.2, -0.15) is 0 Å². The highest BCUT2D eigenvalue weighted by Gasteiger charge is 2.49. The lowest BCUT2D eigenvalue weighted by Crippen LogP contribution is -2.46. The molecule has 102 valence electrons. The van der Waals surface area contributed by atoms with E-state index < -0.39 is 9.84 Å². The van der Waals surface area contributed by atoms with Crippen molar-refractivity contribution in [3.8, 4) is 0 Å². The van der Waals surface area contributed by atoms with Gasteiger partial charge < -0.3 is 10.1 Å². The first-order valence-corrected chi connectivity index (χ1v) is 8.08. The van der Waals surface area contributed by atoms with Gasteiger partial charge in [0.05, 0.1) is 17.0 Å². The quantitative estimate of drug-likeness (QED) is 0.828. The van der Waals surface area contributed by atoms with E-state index in [1.807, 2.05) is 20.9 Å². The van der Waals surface area contributed by atoms with Gasteiger partial charge >= 0.3 is 0 Å². The van der Waals surface area contributed by atoms with Gasteiger partial charge in [-0.25, -0.2) is 8.42 Å². The summed E-state index contributed by atoms with van der Waals surface area (Å²) in [5.74, 6) is 0.369. The molecule has 2 unspecified atom stereocenters. The summed E-state index contributed by atoms with van der Waals surface area (Å²) in [4.78, 5) is 0. The Morgan fingerprint density at radius 2 is 1.88 bits per heavy atom. The Morgan fingerprint density at radius 3 is 2.18 bits per heavy atom. The molecular weight excluding hydrogens is 238 g/mol. The molecule has 0 saturated carbocycles. The van der Waals surface area contributed by atoms with Crippen LogP contribution in [0.1, 0.15) is 34.1 Å². The SMILES string of the molecule is CNC(CS(C)(=O)=O)C1CC(C)(C)OC1(C)C. The van der Waals surface area contributed by atoms with Gasteiger partial charge in [-0.05, 0) is 41.2 Å². The van der Waals surface area contributed by atoms with Gasteiger partial charge in [0, 0.05) is 18.2 Å². The van der Waals surface area contributed by atoms with Crippen LogP contribution in [0.4, 0.5) is 0 Å². The Labute approximate surface area is 105 Å². The van der Waals surface area contributed by atoms with Crippen molar-refractivity contribution in [1.29, 1.82) is 0 Å². The first-order chi connectivity index (χ1) is 7.47. The summed E-state index contributed by atoms with van der Waals surface area (Å²) < 4.78 is 28.9. The van der Waals surface area contributed by atoms with Crippen molar-refractivity contribution in [1.82, 2.24) is 5.32 Å². The van der Waals surface area contributed by atoms with Crippen LogP contribution in [0.2, 0.25) is 0 Å². The highest BCUT2D eigenvalue weighted by Crippen LogP contribution is 2.43. The molecule has 0 bridgehead atoms. The van der Waals surface area contributed by atoms with Gasteiger partial charge in [-0.3, -0.25) is 0 Å². The second kappa shape index (κ2) is 4.52. The monoisotopic (exact) mass is 263 g/mol. The highest BCUT2D eigenvalue weighted by atomic mass is 32.2. The molecule has 5 heteroatoms. The molecule has 1 aliphatic heterocycles. The van der Waals surface area contributed by atoms with Crippen LogP contribution in [0, 0.1) is 5.92 Å². The number of rotatable bonds is 4. The topological polar surface area (TPSA) is 55.4 Å². The van der Waals surface area contributed by atoms with Crippen molar-refractivity contribution >= 4 is 9.84 Å². The Morgan fingerprint density at radius 1 is 1.35 bits per heavy atom. The van der Waals surface area contributed by atoms with Gasteiger partial charge in [0.2, 0.25) is 0 Å². The third kappa shape index (κ3) is 3.93. The zero-order chi connectivity index (χ0) is 13.5. The van der Waals surface area contributed by atoms with E-state index in [1.165, 1.54) is 6.26 Å². The van der Waals surface area contributed by atoms with E-state index in [2.05, 4.69) is 19.2 Å².